The van der Waals surface area contributed by atoms with Crippen molar-refractivity contribution in [3.8, 4) is 22.3 Å². The first kappa shape index (κ1) is 24.0. The molecule has 0 radical (unpaired) electrons. The van der Waals surface area contributed by atoms with Crippen LogP contribution in [0.2, 0.25) is 0 Å². The van der Waals surface area contributed by atoms with Gasteiger partial charge in [0.05, 0.1) is 12.8 Å². The summed E-state index contributed by atoms with van der Waals surface area (Å²) in [6, 6.07) is 35.8. The van der Waals surface area contributed by atoms with Crippen LogP contribution in [-0.4, -0.2) is 24.6 Å². The van der Waals surface area contributed by atoms with Crippen LogP contribution in [-0.2, 0) is 31.9 Å². The summed E-state index contributed by atoms with van der Waals surface area (Å²) in [5, 5.41) is 0. The summed E-state index contributed by atoms with van der Waals surface area (Å²) >= 11 is 0. The largest absolute Gasteiger partial charge is 0.461 e. The lowest BCUT2D eigenvalue weighted by molar-refractivity contribution is -0.157. The fourth-order valence-corrected chi connectivity index (χ4v) is 3.79. The Balaban J connectivity index is 1.19. The molecule has 4 aromatic carbocycles. The highest BCUT2D eigenvalue weighted by atomic mass is 16.6. The molecule has 1 unspecified atom stereocenters. The molecule has 4 nitrogen and oxygen atoms in total. The Morgan fingerprint density at radius 1 is 0.571 bits per heavy atom. The van der Waals surface area contributed by atoms with E-state index in [4.69, 9.17) is 9.47 Å². The first-order chi connectivity index (χ1) is 17.1. The molecule has 176 valence electrons. The highest BCUT2D eigenvalue weighted by Gasteiger charge is 2.14. The third-order valence-corrected chi connectivity index (χ3v) is 5.63. The van der Waals surface area contributed by atoms with Crippen LogP contribution in [0.5, 0.6) is 0 Å². The summed E-state index contributed by atoms with van der Waals surface area (Å²) in [6.45, 7) is 1.75. The van der Waals surface area contributed by atoms with Crippen molar-refractivity contribution in [3.05, 3.63) is 120 Å². The molecule has 0 spiro atoms. The van der Waals surface area contributed by atoms with E-state index in [9.17, 15) is 9.59 Å². The van der Waals surface area contributed by atoms with Crippen LogP contribution in [0, 0.1) is 0 Å². The van der Waals surface area contributed by atoms with Gasteiger partial charge in [0.15, 0.2) is 0 Å². The Kier molecular flexibility index (Phi) is 8.08. The average molecular weight is 465 g/mol. The van der Waals surface area contributed by atoms with E-state index in [1.807, 2.05) is 109 Å². The molecule has 0 aliphatic carbocycles. The first-order valence-electron chi connectivity index (χ1n) is 11.7. The Labute approximate surface area is 206 Å². The molecule has 1 atom stereocenters. The van der Waals surface area contributed by atoms with E-state index in [1.165, 1.54) is 0 Å². The second kappa shape index (κ2) is 11.8. The Morgan fingerprint density at radius 2 is 0.971 bits per heavy atom. The van der Waals surface area contributed by atoms with Gasteiger partial charge in [0.2, 0.25) is 0 Å². The number of hydrogen-bond acceptors (Lipinski definition) is 4. The summed E-state index contributed by atoms with van der Waals surface area (Å²) in [7, 11) is 0. The number of hydrogen-bond donors (Lipinski definition) is 0. The second-order valence-corrected chi connectivity index (χ2v) is 8.46. The molecule has 0 aromatic heterocycles. The molecular formula is C31H28O4. The molecule has 0 bridgehead atoms. The maximum absolute atomic E-state index is 12.3. The highest BCUT2D eigenvalue weighted by molar-refractivity contribution is 5.74. The van der Waals surface area contributed by atoms with E-state index in [-0.39, 0.29) is 31.4 Å². The zero-order valence-corrected chi connectivity index (χ0v) is 19.7. The molecule has 0 saturated carbocycles. The van der Waals surface area contributed by atoms with Gasteiger partial charge in [0, 0.05) is 0 Å². The Bertz CT molecular complexity index is 1230. The molecule has 0 saturated heterocycles. The van der Waals surface area contributed by atoms with Gasteiger partial charge in [0.25, 0.3) is 0 Å². The molecule has 0 heterocycles. The van der Waals surface area contributed by atoms with Gasteiger partial charge in [-0.3, -0.25) is 9.59 Å². The summed E-state index contributed by atoms with van der Waals surface area (Å²) < 4.78 is 10.7. The van der Waals surface area contributed by atoms with Crippen molar-refractivity contribution < 1.29 is 19.1 Å². The van der Waals surface area contributed by atoms with Gasteiger partial charge >= 0.3 is 11.9 Å². The zero-order chi connectivity index (χ0) is 24.5. The van der Waals surface area contributed by atoms with Crippen LogP contribution in [0.1, 0.15) is 18.1 Å². The van der Waals surface area contributed by atoms with Gasteiger partial charge in [-0.05, 0) is 40.3 Å². The standard InChI is InChI=1S/C31H28O4/c1-23(35-31(33)21-25-14-18-29(19-15-25)27-10-6-3-7-11-27)22-34-30(32)20-24-12-16-28(17-13-24)26-8-4-2-5-9-26/h2-19,23H,20-22H2,1H3. The fraction of sp³-hybridized carbons (Fsp3) is 0.161. The van der Waals surface area contributed by atoms with E-state index in [0.717, 1.165) is 33.4 Å². The fourth-order valence-electron chi connectivity index (χ4n) is 3.79. The van der Waals surface area contributed by atoms with E-state index in [0.29, 0.717) is 0 Å². The molecule has 0 N–H and O–H groups in total. The summed E-state index contributed by atoms with van der Waals surface area (Å²) in [4.78, 5) is 24.5. The first-order valence-corrected chi connectivity index (χ1v) is 11.7. The monoisotopic (exact) mass is 464 g/mol. The number of rotatable bonds is 9. The molecule has 4 rings (SSSR count). The number of esters is 2. The number of benzene rings is 4. The van der Waals surface area contributed by atoms with Crippen molar-refractivity contribution in [3.63, 3.8) is 0 Å². The highest BCUT2D eigenvalue weighted by Crippen LogP contribution is 2.20. The molecule has 4 aromatic rings. The molecular weight excluding hydrogens is 436 g/mol. The minimum absolute atomic E-state index is 0.0274. The number of carbonyl (C=O) groups is 2. The maximum atomic E-state index is 12.3. The normalized spacial score (nSPS) is 11.5. The smallest absolute Gasteiger partial charge is 0.310 e. The van der Waals surface area contributed by atoms with Gasteiger partial charge in [-0.2, -0.15) is 0 Å². The minimum atomic E-state index is -0.518. The minimum Gasteiger partial charge on any atom is -0.461 e. The van der Waals surface area contributed by atoms with Crippen molar-refractivity contribution in [2.24, 2.45) is 0 Å². The number of ether oxygens (including phenoxy) is 2. The second-order valence-electron chi connectivity index (χ2n) is 8.46. The van der Waals surface area contributed by atoms with Crippen LogP contribution in [0.3, 0.4) is 0 Å². The van der Waals surface area contributed by atoms with Gasteiger partial charge < -0.3 is 9.47 Å². The van der Waals surface area contributed by atoms with E-state index in [1.54, 1.807) is 6.92 Å². The quantitative estimate of drug-likeness (QED) is 0.274. The summed E-state index contributed by atoms with van der Waals surface area (Å²) in [5.74, 6) is -0.700. The van der Waals surface area contributed by atoms with Crippen LogP contribution in [0.15, 0.2) is 109 Å². The number of carbonyl (C=O) groups excluding carboxylic acids is 2. The summed E-state index contributed by atoms with van der Waals surface area (Å²) in [5.41, 5.74) is 6.19. The predicted octanol–water partition coefficient (Wildman–Crippen LogP) is 6.28. The van der Waals surface area contributed by atoms with Crippen LogP contribution >= 0.6 is 0 Å². The summed E-state index contributed by atoms with van der Waals surface area (Å²) in [6.07, 6.45) is -0.180. The van der Waals surface area contributed by atoms with Gasteiger partial charge in [0.1, 0.15) is 12.7 Å². The molecule has 0 fully saturated rings. The molecule has 4 heteroatoms. The van der Waals surface area contributed by atoms with Gasteiger partial charge in [-0.15, -0.1) is 0 Å². The third-order valence-electron chi connectivity index (χ3n) is 5.63. The molecule has 0 aliphatic heterocycles. The molecule has 0 amide bonds. The van der Waals surface area contributed by atoms with Crippen molar-refractivity contribution in [2.75, 3.05) is 6.61 Å². The SMILES string of the molecule is CC(COC(=O)Cc1ccc(-c2ccccc2)cc1)OC(=O)Cc1ccc(-c2ccccc2)cc1. The van der Waals surface area contributed by atoms with Crippen LogP contribution in [0.4, 0.5) is 0 Å². The van der Waals surface area contributed by atoms with E-state index >= 15 is 0 Å². The molecule has 0 aliphatic rings. The Morgan fingerprint density at radius 3 is 1.43 bits per heavy atom. The van der Waals surface area contributed by atoms with Crippen LogP contribution < -0.4 is 0 Å². The lowest BCUT2D eigenvalue weighted by Gasteiger charge is -2.14. The third kappa shape index (κ3) is 7.15. The van der Waals surface area contributed by atoms with Gasteiger partial charge in [-0.1, -0.05) is 109 Å². The topological polar surface area (TPSA) is 52.6 Å². The van der Waals surface area contributed by atoms with Crippen molar-refractivity contribution in [2.45, 2.75) is 25.9 Å². The van der Waals surface area contributed by atoms with E-state index in [2.05, 4.69) is 0 Å². The lowest BCUT2D eigenvalue weighted by atomic mass is 10.0. The lowest BCUT2D eigenvalue weighted by Crippen LogP contribution is -2.23. The maximum Gasteiger partial charge on any atom is 0.310 e. The average Bonchev–Trinajstić information content (AvgIpc) is 2.89. The molecule has 35 heavy (non-hydrogen) atoms. The van der Waals surface area contributed by atoms with Crippen molar-refractivity contribution >= 4 is 11.9 Å². The Hall–Kier alpha value is -4.18. The zero-order valence-electron chi connectivity index (χ0n) is 19.7. The van der Waals surface area contributed by atoms with Gasteiger partial charge in [-0.25, -0.2) is 0 Å². The predicted molar refractivity (Wildman–Crippen MR) is 138 cm³/mol. The van der Waals surface area contributed by atoms with Crippen molar-refractivity contribution in [1.29, 1.82) is 0 Å². The van der Waals surface area contributed by atoms with Crippen molar-refractivity contribution in [1.82, 2.24) is 0 Å². The van der Waals surface area contributed by atoms with Crippen LogP contribution in [0.25, 0.3) is 22.3 Å². The van der Waals surface area contributed by atoms with E-state index < -0.39 is 6.10 Å².